The molecule has 1 fully saturated rings. The maximum Gasteiger partial charge on any atom is 0.379 e. The third-order valence-corrected chi connectivity index (χ3v) is 8.73. The summed E-state index contributed by atoms with van der Waals surface area (Å²) >= 11 is 0. The van der Waals surface area contributed by atoms with E-state index < -0.39 is 22.6 Å². The van der Waals surface area contributed by atoms with Crippen LogP contribution >= 0.6 is 7.60 Å². The smallest absolute Gasteiger partial charge is 0.379 e. The molecule has 1 aliphatic rings. The number of nitro benzene ring substituents is 1. The van der Waals surface area contributed by atoms with E-state index in [1.807, 2.05) is 6.92 Å². The van der Waals surface area contributed by atoms with Gasteiger partial charge in [0.2, 0.25) is 0 Å². The molecule has 0 heterocycles. The van der Waals surface area contributed by atoms with Crippen LogP contribution in [0.25, 0.3) is 0 Å². The topological polar surface area (TPSA) is 122 Å². The largest absolute Gasteiger partial charge is 0.424 e. The Kier molecular flexibility index (Phi) is 8.28. The molecule has 1 aliphatic carbocycles. The van der Waals surface area contributed by atoms with Gasteiger partial charge >= 0.3 is 7.60 Å². The molecule has 33 heavy (non-hydrogen) atoms. The summed E-state index contributed by atoms with van der Waals surface area (Å²) in [5, 5.41) is 10.8. The zero-order chi connectivity index (χ0) is 24.1. The van der Waals surface area contributed by atoms with Gasteiger partial charge in [0.25, 0.3) is 15.8 Å². The Labute approximate surface area is 193 Å². The third-order valence-electron chi connectivity index (χ3n) is 5.55. The van der Waals surface area contributed by atoms with Crippen LogP contribution in [0, 0.1) is 23.0 Å². The molecule has 0 bridgehead atoms. The van der Waals surface area contributed by atoms with Gasteiger partial charge in [0.1, 0.15) is 5.75 Å². The van der Waals surface area contributed by atoms with Crippen molar-refractivity contribution >= 4 is 23.4 Å². The van der Waals surface area contributed by atoms with Crippen LogP contribution in [0.2, 0.25) is 0 Å². The summed E-state index contributed by atoms with van der Waals surface area (Å²) < 4.78 is 54.5. The molecule has 1 saturated carbocycles. The minimum Gasteiger partial charge on any atom is -0.424 e. The Morgan fingerprint density at radius 3 is 2.18 bits per heavy atom. The quantitative estimate of drug-likeness (QED) is 0.183. The van der Waals surface area contributed by atoms with Crippen LogP contribution in [0.3, 0.4) is 0 Å². The van der Waals surface area contributed by atoms with Crippen molar-refractivity contribution in [1.29, 1.82) is 0 Å². The Balaban J connectivity index is 1.49. The first-order chi connectivity index (χ1) is 15.6. The van der Waals surface area contributed by atoms with E-state index in [9.17, 15) is 23.1 Å². The van der Waals surface area contributed by atoms with Crippen molar-refractivity contribution in [3.8, 4) is 5.75 Å². The number of nitrogens with zero attached hydrogens (tertiary/aromatic N) is 1. The summed E-state index contributed by atoms with van der Waals surface area (Å²) in [5.41, 5.74) is 0.883. The van der Waals surface area contributed by atoms with Gasteiger partial charge in [-0.2, -0.15) is 8.42 Å². The van der Waals surface area contributed by atoms with Crippen molar-refractivity contribution in [2.45, 2.75) is 50.5 Å². The molecule has 1 atom stereocenters. The average molecular weight is 498 g/mol. The molecule has 3 rings (SSSR count). The van der Waals surface area contributed by atoms with Gasteiger partial charge in [-0.15, -0.1) is 0 Å². The highest BCUT2D eigenvalue weighted by atomic mass is 32.2. The first kappa shape index (κ1) is 25.4. The molecule has 9 nitrogen and oxygen atoms in total. The highest BCUT2D eigenvalue weighted by molar-refractivity contribution is 7.86. The lowest BCUT2D eigenvalue weighted by molar-refractivity contribution is -0.384. The predicted molar refractivity (Wildman–Crippen MR) is 123 cm³/mol. The van der Waals surface area contributed by atoms with Crippen LogP contribution in [0.4, 0.5) is 5.69 Å². The van der Waals surface area contributed by atoms with E-state index in [0.717, 1.165) is 5.56 Å². The fourth-order valence-corrected chi connectivity index (χ4v) is 5.95. The lowest BCUT2D eigenvalue weighted by Crippen LogP contribution is -2.25. The zero-order valence-corrected chi connectivity index (χ0v) is 20.3. The summed E-state index contributed by atoms with van der Waals surface area (Å²) in [7, 11) is -7.24. The molecule has 2 aromatic carbocycles. The molecule has 0 saturated heterocycles. The van der Waals surface area contributed by atoms with E-state index in [1.54, 1.807) is 19.1 Å². The summed E-state index contributed by atoms with van der Waals surface area (Å²) in [6, 6.07) is 11.9. The van der Waals surface area contributed by atoms with E-state index in [0.29, 0.717) is 25.7 Å². The Hall–Kier alpha value is -2.26. The minimum atomic E-state index is -3.80. The maximum atomic E-state index is 13.1. The fraction of sp³-hybridized carbons (Fsp3) is 0.455. The highest BCUT2D eigenvalue weighted by Gasteiger charge is 2.32. The predicted octanol–water partition coefficient (Wildman–Crippen LogP) is 5.48. The summed E-state index contributed by atoms with van der Waals surface area (Å²) in [6.45, 7) is 3.67. The second kappa shape index (κ2) is 10.8. The molecule has 0 aliphatic heterocycles. The molecular formula is C22H28NO8PS. The van der Waals surface area contributed by atoms with E-state index in [-0.39, 0.29) is 41.1 Å². The van der Waals surface area contributed by atoms with Crippen LogP contribution in [0.1, 0.15) is 38.2 Å². The van der Waals surface area contributed by atoms with Crippen molar-refractivity contribution in [2.75, 3.05) is 12.8 Å². The second-order valence-electron chi connectivity index (χ2n) is 8.07. The molecule has 0 aromatic heterocycles. The van der Waals surface area contributed by atoms with Crippen molar-refractivity contribution in [2.24, 2.45) is 5.92 Å². The molecule has 180 valence electrons. The number of non-ortho nitro benzene ring substituents is 1. The van der Waals surface area contributed by atoms with Gasteiger partial charge in [-0.05, 0) is 62.8 Å². The highest BCUT2D eigenvalue weighted by Crippen LogP contribution is 2.51. The monoisotopic (exact) mass is 497 g/mol. The lowest BCUT2D eigenvalue weighted by atomic mass is 9.88. The van der Waals surface area contributed by atoms with Crippen molar-refractivity contribution in [1.82, 2.24) is 0 Å². The van der Waals surface area contributed by atoms with E-state index >= 15 is 0 Å². The van der Waals surface area contributed by atoms with E-state index in [4.69, 9.17) is 13.2 Å². The van der Waals surface area contributed by atoms with Gasteiger partial charge in [0, 0.05) is 12.1 Å². The van der Waals surface area contributed by atoms with Crippen LogP contribution < -0.4 is 4.52 Å². The number of aryl methyl sites for hydroxylation is 1. The van der Waals surface area contributed by atoms with Crippen molar-refractivity contribution in [3.63, 3.8) is 0 Å². The molecule has 2 aromatic rings. The van der Waals surface area contributed by atoms with Gasteiger partial charge in [-0.1, -0.05) is 24.6 Å². The van der Waals surface area contributed by atoms with Gasteiger partial charge in [0.05, 0.1) is 28.7 Å². The molecule has 0 N–H and O–H groups in total. The first-order valence-corrected chi connectivity index (χ1v) is 13.9. The number of hydrogen-bond acceptors (Lipinski definition) is 8. The second-order valence-corrected chi connectivity index (χ2v) is 11.9. The van der Waals surface area contributed by atoms with Crippen LogP contribution in [0.15, 0.2) is 53.4 Å². The standard InChI is InChI=1S/C22H28NO8PS/c1-3-32(26,31-21-12-8-19(9-13-21)23(24)25)30-20-10-6-18(7-11-20)16-29-33(27,28)22-14-4-17(2)5-15-22/h4-5,8-9,12-15,18,20H,3,6-7,10-11,16H2,1-2H3. The SMILES string of the molecule is CCP(=O)(Oc1ccc([N+](=O)[O-])cc1)OC1CCC(COS(=O)(=O)c2ccc(C)cc2)CC1. The Morgan fingerprint density at radius 2 is 1.64 bits per heavy atom. The molecule has 1 unspecified atom stereocenters. The normalized spacial score (nSPS) is 20.7. The number of nitro groups is 1. The molecule has 0 radical (unpaired) electrons. The summed E-state index contributed by atoms with van der Waals surface area (Å²) in [4.78, 5) is 10.4. The van der Waals surface area contributed by atoms with Gasteiger partial charge in [-0.25, -0.2) is 4.57 Å². The fourth-order valence-electron chi connectivity index (χ4n) is 3.54. The van der Waals surface area contributed by atoms with Crippen LogP contribution in [-0.2, 0) is 23.4 Å². The zero-order valence-electron chi connectivity index (χ0n) is 18.6. The number of rotatable bonds is 10. The van der Waals surface area contributed by atoms with Crippen molar-refractivity contribution < 1.29 is 31.1 Å². The Morgan fingerprint density at radius 1 is 1.03 bits per heavy atom. The lowest BCUT2D eigenvalue weighted by Gasteiger charge is -2.30. The third kappa shape index (κ3) is 7.11. The molecule has 0 spiro atoms. The Bertz CT molecular complexity index is 1090. The van der Waals surface area contributed by atoms with E-state index in [2.05, 4.69) is 0 Å². The number of hydrogen-bond donors (Lipinski definition) is 0. The van der Waals surface area contributed by atoms with Crippen LogP contribution in [-0.4, -0.2) is 32.2 Å². The van der Waals surface area contributed by atoms with Gasteiger partial charge < -0.3 is 4.52 Å². The van der Waals surface area contributed by atoms with E-state index in [1.165, 1.54) is 36.4 Å². The van der Waals surface area contributed by atoms with Gasteiger partial charge in [-0.3, -0.25) is 18.8 Å². The average Bonchev–Trinajstić information content (AvgIpc) is 2.79. The van der Waals surface area contributed by atoms with Crippen molar-refractivity contribution in [3.05, 3.63) is 64.2 Å². The minimum absolute atomic E-state index is 0.0571. The summed E-state index contributed by atoms with van der Waals surface area (Å²) in [5.74, 6) is 0.302. The molecule has 11 heteroatoms. The molecule has 0 amide bonds. The first-order valence-electron chi connectivity index (χ1n) is 10.8. The van der Waals surface area contributed by atoms with Gasteiger partial charge in [0.15, 0.2) is 0 Å². The summed E-state index contributed by atoms with van der Waals surface area (Å²) in [6.07, 6.45) is 2.43. The van der Waals surface area contributed by atoms with Crippen LogP contribution in [0.5, 0.6) is 5.75 Å². The number of benzene rings is 2. The molecular weight excluding hydrogens is 469 g/mol. The maximum absolute atomic E-state index is 13.1.